The van der Waals surface area contributed by atoms with Gasteiger partial charge in [0.05, 0.1) is 17.5 Å². The highest BCUT2D eigenvalue weighted by Gasteiger charge is 2.16. The minimum Gasteiger partial charge on any atom is -0.458 e. The van der Waals surface area contributed by atoms with Crippen molar-refractivity contribution in [3.05, 3.63) is 31.4 Å². The van der Waals surface area contributed by atoms with Gasteiger partial charge in [0.15, 0.2) is 0 Å². The van der Waals surface area contributed by atoms with E-state index in [4.69, 9.17) is 10.6 Å². The summed E-state index contributed by atoms with van der Waals surface area (Å²) >= 11 is 7.30. The summed E-state index contributed by atoms with van der Waals surface area (Å²) in [5, 5.41) is -0.142. The molecule has 0 unspecified atom stereocenters. The van der Waals surface area contributed by atoms with Crippen LogP contribution in [0.25, 0.3) is 10.9 Å². The molecule has 0 fully saturated rings. The van der Waals surface area contributed by atoms with E-state index in [-0.39, 0.29) is 11.8 Å². The molecule has 0 amide bonds. The van der Waals surface area contributed by atoms with Crippen LogP contribution in [0.3, 0.4) is 0 Å². The smallest absolute Gasteiger partial charge is 0.375 e. The van der Waals surface area contributed by atoms with E-state index in [1.165, 1.54) is 0 Å². The summed E-state index contributed by atoms with van der Waals surface area (Å²) in [5.74, 6) is 5.68. The Morgan fingerprint density at radius 1 is 1.50 bits per heavy atom. The Bertz CT molecular complexity index is 748. The molecule has 0 aliphatic carbocycles. The van der Waals surface area contributed by atoms with Crippen LogP contribution in [0.15, 0.2) is 31.0 Å². The maximum absolute atomic E-state index is 12.2. The first-order valence-corrected chi connectivity index (χ1v) is 7.85. The standard InChI is InChI=1S/C11H9Br2N3O3S/c1-2-19-11(18)20-10-15-8-6(9(17)16(10)14)3-5(12)4-7(8)13/h3-4H,2,14H2,1H3. The third-order valence-electron chi connectivity index (χ3n) is 2.33. The van der Waals surface area contributed by atoms with Gasteiger partial charge in [0.25, 0.3) is 5.56 Å². The van der Waals surface area contributed by atoms with Crippen molar-refractivity contribution in [1.82, 2.24) is 9.66 Å². The molecule has 0 atom stereocenters. The molecule has 1 aromatic heterocycles. The van der Waals surface area contributed by atoms with Crippen molar-refractivity contribution in [1.29, 1.82) is 0 Å². The van der Waals surface area contributed by atoms with Crippen LogP contribution >= 0.6 is 43.6 Å². The lowest BCUT2D eigenvalue weighted by atomic mass is 10.2. The fourth-order valence-electron chi connectivity index (χ4n) is 1.50. The third-order valence-corrected chi connectivity index (χ3v) is 4.15. The Hall–Kier alpha value is -1.06. The van der Waals surface area contributed by atoms with Crippen molar-refractivity contribution >= 4 is 59.8 Å². The first-order valence-electron chi connectivity index (χ1n) is 5.45. The molecule has 0 radical (unpaired) electrons. The number of halogens is 2. The third kappa shape index (κ3) is 2.99. The topological polar surface area (TPSA) is 87.2 Å². The summed E-state index contributed by atoms with van der Waals surface area (Å²) in [7, 11) is 0. The van der Waals surface area contributed by atoms with Gasteiger partial charge in [-0.2, -0.15) is 0 Å². The molecule has 0 saturated heterocycles. The molecule has 0 aliphatic heterocycles. The van der Waals surface area contributed by atoms with E-state index in [1.807, 2.05) is 0 Å². The number of ether oxygens (including phenoxy) is 1. The Labute approximate surface area is 134 Å². The Balaban J connectivity index is 2.61. The van der Waals surface area contributed by atoms with Crippen LogP contribution in [0.5, 0.6) is 0 Å². The van der Waals surface area contributed by atoms with E-state index < -0.39 is 10.9 Å². The number of hydrogen-bond acceptors (Lipinski definition) is 6. The van der Waals surface area contributed by atoms with Gasteiger partial charge in [-0.3, -0.25) is 4.79 Å². The molecule has 0 saturated carbocycles. The average molecular weight is 423 g/mol. The van der Waals surface area contributed by atoms with E-state index in [9.17, 15) is 9.59 Å². The van der Waals surface area contributed by atoms with Crippen molar-refractivity contribution in [3.63, 3.8) is 0 Å². The average Bonchev–Trinajstić information content (AvgIpc) is 2.37. The second-order valence-electron chi connectivity index (χ2n) is 3.64. The second kappa shape index (κ2) is 6.15. The summed E-state index contributed by atoms with van der Waals surface area (Å²) in [6.07, 6.45) is 0. The first kappa shape index (κ1) is 15.3. The van der Waals surface area contributed by atoms with Gasteiger partial charge in [-0.25, -0.2) is 14.5 Å². The molecule has 2 N–H and O–H groups in total. The van der Waals surface area contributed by atoms with E-state index in [1.54, 1.807) is 19.1 Å². The summed E-state index contributed by atoms with van der Waals surface area (Å²) in [5.41, 5.74) is -0.00417. The van der Waals surface area contributed by atoms with Crippen LogP contribution in [-0.2, 0) is 4.74 Å². The quantitative estimate of drug-likeness (QED) is 0.346. The zero-order valence-corrected chi connectivity index (χ0v) is 14.2. The number of benzene rings is 1. The molecule has 0 bridgehead atoms. The SMILES string of the molecule is CCOC(=O)Sc1nc2c(Br)cc(Br)cc2c(=O)n1N. The van der Waals surface area contributed by atoms with Gasteiger partial charge in [-0.15, -0.1) is 0 Å². The summed E-state index contributed by atoms with van der Waals surface area (Å²) in [6, 6.07) is 3.38. The monoisotopic (exact) mass is 421 g/mol. The predicted octanol–water partition coefficient (Wildman–Crippen LogP) is 2.88. The minimum atomic E-state index is -0.564. The minimum absolute atomic E-state index is 0.0731. The van der Waals surface area contributed by atoms with Gasteiger partial charge in [0, 0.05) is 20.7 Å². The highest BCUT2D eigenvalue weighted by molar-refractivity contribution is 9.11. The molecule has 2 aromatic rings. The Morgan fingerprint density at radius 3 is 2.85 bits per heavy atom. The van der Waals surface area contributed by atoms with Gasteiger partial charge < -0.3 is 10.6 Å². The predicted molar refractivity (Wildman–Crippen MR) is 84.4 cm³/mol. The van der Waals surface area contributed by atoms with Crippen molar-refractivity contribution in [2.24, 2.45) is 0 Å². The molecule has 9 heteroatoms. The lowest BCUT2D eigenvalue weighted by Crippen LogP contribution is -2.30. The molecule has 1 heterocycles. The molecule has 0 spiro atoms. The molecular formula is C11H9Br2N3O3S. The molecule has 2 rings (SSSR count). The van der Waals surface area contributed by atoms with Crippen LogP contribution in [-0.4, -0.2) is 21.6 Å². The van der Waals surface area contributed by atoms with Crippen molar-refractivity contribution in [2.75, 3.05) is 12.4 Å². The fourth-order valence-corrected chi connectivity index (χ4v) is 3.46. The zero-order chi connectivity index (χ0) is 14.9. The van der Waals surface area contributed by atoms with Crippen molar-refractivity contribution in [2.45, 2.75) is 12.1 Å². The van der Waals surface area contributed by atoms with Gasteiger partial charge >= 0.3 is 5.30 Å². The molecule has 1 aromatic carbocycles. The van der Waals surface area contributed by atoms with E-state index >= 15 is 0 Å². The second-order valence-corrected chi connectivity index (χ2v) is 6.31. The van der Waals surface area contributed by atoms with E-state index in [2.05, 4.69) is 36.8 Å². The summed E-state index contributed by atoms with van der Waals surface area (Å²) in [4.78, 5) is 27.9. The van der Waals surface area contributed by atoms with Crippen LogP contribution in [0, 0.1) is 0 Å². The normalized spacial score (nSPS) is 10.8. The zero-order valence-electron chi connectivity index (χ0n) is 10.2. The molecule has 6 nitrogen and oxygen atoms in total. The maximum Gasteiger partial charge on any atom is 0.375 e. The lowest BCUT2D eigenvalue weighted by molar-refractivity contribution is 0.181. The van der Waals surface area contributed by atoms with Crippen LogP contribution < -0.4 is 11.4 Å². The van der Waals surface area contributed by atoms with Gasteiger partial charge in [-0.05, 0) is 35.0 Å². The molecule has 106 valence electrons. The number of rotatable bonds is 2. The molecule has 0 aliphatic rings. The van der Waals surface area contributed by atoms with E-state index in [0.29, 0.717) is 27.1 Å². The van der Waals surface area contributed by atoms with Gasteiger partial charge in [0.2, 0.25) is 5.16 Å². The summed E-state index contributed by atoms with van der Waals surface area (Å²) < 4.78 is 6.99. The lowest BCUT2D eigenvalue weighted by Gasteiger charge is -2.08. The molecule has 20 heavy (non-hydrogen) atoms. The Morgan fingerprint density at radius 2 is 2.20 bits per heavy atom. The number of nitrogens with zero attached hydrogens (tertiary/aromatic N) is 2. The Kier molecular flexibility index (Phi) is 4.71. The van der Waals surface area contributed by atoms with Crippen molar-refractivity contribution in [3.8, 4) is 0 Å². The van der Waals surface area contributed by atoms with Crippen LogP contribution in [0.1, 0.15) is 6.92 Å². The van der Waals surface area contributed by atoms with Gasteiger partial charge in [-0.1, -0.05) is 15.9 Å². The largest absolute Gasteiger partial charge is 0.458 e. The highest BCUT2D eigenvalue weighted by atomic mass is 79.9. The summed E-state index contributed by atoms with van der Waals surface area (Å²) in [6.45, 7) is 1.93. The number of carbonyl (C=O) groups excluding carboxylic acids is 1. The fraction of sp³-hybridized carbons (Fsp3) is 0.182. The van der Waals surface area contributed by atoms with Crippen LogP contribution in [0.4, 0.5) is 4.79 Å². The van der Waals surface area contributed by atoms with Crippen LogP contribution in [0.2, 0.25) is 0 Å². The van der Waals surface area contributed by atoms with Gasteiger partial charge in [0.1, 0.15) is 0 Å². The number of aromatic nitrogens is 2. The number of nitrogen functional groups attached to an aromatic ring is 1. The number of nitrogens with two attached hydrogens (primary N) is 1. The molecular weight excluding hydrogens is 414 g/mol. The number of carbonyl (C=O) groups is 1. The maximum atomic E-state index is 12.2. The number of fused-ring (bicyclic) bond motifs is 1. The van der Waals surface area contributed by atoms with Crippen molar-refractivity contribution < 1.29 is 9.53 Å². The number of hydrogen-bond donors (Lipinski definition) is 1. The van der Waals surface area contributed by atoms with E-state index in [0.717, 1.165) is 9.15 Å². The first-order chi connectivity index (χ1) is 9.43. The highest BCUT2D eigenvalue weighted by Crippen LogP contribution is 2.27. The number of thioether (sulfide) groups is 1.